The molecule has 0 aliphatic heterocycles. The number of aromatic amines is 1. The van der Waals surface area contributed by atoms with Crippen LogP contribution in [0.4, 0.5) is 0 Å². The van der Waals surface area contributed by atoms with E-state index < -0.39 is 11.5 Å². The molecular formula is C15H16ClNO4. The maximum Gasteiger partial charge on any atom is 0.310 e. The standard InChI is InChI=1S/C15H16ClNO4/c1-3-8-5-6-10-12(13(8)16)14(19)9(15(20)17-10)7-11(18)21-4-2/h5-6H,3-4,7H2,1-2H3,(H2,17,19,20). The van der Waals surface area contributed by atoms with Gasteiger partial charge in [-0.1, -0.05) is 24.6 Å². The summed E-state index contributed by atoms with van der Waals surface area (Å²) in [5, 5.41) is 11.1. The Hall–Kier alpha value is -2.01. The fraction of sp³-hybridized carbons (Fsp3) is 0.333. The lowest BCUT2D eigenvalue weighted by Gasteiger charge is -2.10. The molecule has 2 rings (SSSR count). The Morgan fingerprint density at radius 2 is 2.10 bits per heavy atom. The molecule has 6 heteroatoms. The van der Waals surface area contributed by atoms with Crippen LogP contribution in [0.15, 0.2) is 16.9 Å². The van der Waals surface area contributed by atoms with Gasteiger partial charge in [-0.25, -0.2) is 0 Å². The summed E-state index contributed by atoms with van der Waals surface area (Å²) in [5.41, 5.74) is 0.741. The number of esters is 1. The number of hydrogen-bond acceptors (Lipinski definition) is 4. The van der Waals surface area contributed by atoms with Crippen LogP contribution in [0.1, 0.15) is 25.0 Å². The van der Waals surface area contributed by atoms with Gasteiger partial charge in [0, 0.05) is 0 Å². The highest BCUT2D eigenvalue weighted by atomic mass is 35.5. The van der Waals surface area contributed by atoms with E-state index in [1.165, 1.54) is 0 Å². The Bertz CT molecular complexity index is 751. The van der Waals surface area contributed by atoms with Crippen molar-refractivity contribution in [2.75, 3.05) is 6.61 Å². The Labute approximate surface area is 126 Å². The van der Waals surface area contributed by atoms with Crippen molar-refractivity contribution in [3.63, 3.8) is 0 Å². The lowest BCUT2D eigenvalue weighted by molar-refractivity contribution is -0.142. The van der Waals surface area contributed by atoms with Gasteiger partial charge in [0.05, 0.1) is 34.5 Å². The lowest BCUT2D eigenvalue weighted by Crippen LogP contribution is -2.18. The minimum Gasteiger partial charge on any atom is -0.507 e. The molecule has 1 aromatic carbocycles. The van der Waals surface area contributed by atoms with Gasteiger partial charge in [0.15, 0.2) is 0 Å². The summed E-state index contributed by atoms with van der Waals surface area (Å²) in [4.78, 5) is 26.2. The SMILES string of the molecule is CCOC(=O)Cc1c(O)c2c(Cl)c(CC)ccc2[nH]c1=O. The third kappa shape index (κ3) is 2.88. The number of aromatic nitrogens is 1. The fourth-order valence-electron chi connectivity index (χ4n) is 2.20. The van der Waals surface area contributed by atoms with Crippen LogP contribution in [0.25, 0.3) is 10.9 Å². The first-order valence-electron chi connectivity index (χ1n) is 6.70. The van der Waals surface area contributed by atoms with E-state index >= 15 is 0 Å². The Morgan fingerprint density at radius 1 is 1.38 bits per heavy atom. The first-order valence-corrected chi connectivity index (χ1v) is 7.08. The molecule has 1 aromatic heterocycles. The van der Waals surface area contributed by atoms with Gasteiger partial charge in [0.25, 0.3) is 5.56 Å². The van der Waals surface area contributed by atoms with Crippen LogP contribution in [-0.4, -0.2) is 22.7 Å². The zero-order valence-corrected chi connectivity index (χ0v) is 12.6. The maximum absolute atomic E-state index is 12.0. The van der Waals surface area contributed by atoms with Crippen molar-refractivity contribution in [2.45, 2.75) is 26.7 Å². The van der Waals surface area contributed by atoms with Gasteiger partial charge in [0.2, 0.25) is 0 Å². The number of halogens is 1. The van der Waals surface area contributed by atoms with Crippen molar-refractivity contribution >= 4 is 28.5 Å². The van der Waals surface area contributed by atoms with Crippen LogP contribution in [0, 0.1) is 0 Å². The molecule has 0 saturated heterocycles. The molecule has 0 radical (unpaired) electrons. The van der Waals surface area contributed by atoms with Gasteiger partial charge in [0.1, 0.15) is 5.75 Å². The van der Waals surface area contributed by atoms with E-state index in [1.54, 1.807) is 19.1 Å². The maximum atomic E-state index is 12.0. The molecule has 0 aliphatic rings. The molecule has 112 valence electrons. The molecule has 1 heterocycles. The van der Waals surface area contributed by atoms with E-state index in [9.17, 15) is 14.7 Å². The second kappa shape index (κ2) is 6.18. The van der Waals surface area contributed by atoms with Crippen molar-refractivity contribution in [3.05, 3.63) is 38.6 Å². The number of carbonyl (C=O) groups excluding carboxylic acids is 1. The summed E-state index contributed by atoms with van der Waals surface area (Å²) in [7, 11) is 0. The van der Waals surface area contributed by atoms with E-state index in [-0.39, 0.29) is 24.3 Å². The molecule has 0 aliphatic carbocycles. The number of fused-ring (bicyclic) bond motifs is 1. The second-order valence-corrected chi connectivity index (χ2v) is 4.96. The van der Waals surface area contributed by atoms with Gasteiger partial charge in [-0.2, -0.15) is 0 Å². The number of benzene rings is 1. The number of pyridine rings is 1. The fourth-order valence-corrected chi connectivity index (χ4v) is 2.59. The van der Waals surface area contributed by atoms with Crippen molar-refractivity contribution in [1.29, 1.82) is 0 Å². The minimum atomic E-state index is -0.569. The Balaban J connectivity index is 2.64. The molecule has 0 saturated carbocycles. The van der Waals surface area contributed by atoms with Crippen LogP contribution in [0.5, 0.6) is 5.75 Å². The van der Waals surface area contributed by atoms with Crippen molar-refractivity contribution in [3.8, 4) is 5.75 Å². The predicted molar refractivity (Wildman–Crippen MR) is 81.0 cm³/mol. The average molecular weight is 310 g/mol. The average Bonchev–Trinajstić information content (AvgIpc) is 2.43. The zero-order chi connectivity index (χ0) is 15.6. The highest BCUT2D eigenvalue weighted by molar-refractivity contribution is 6.36. The monoisotopic (exact) mass is 309 g/mol. The number of carbonyl (C=O) groups is 1. The van der Waals surface area contributed by atoms with Gasteiger partial charge in [-0.15, -0.1) is 0 Å². The molecule has 2 aromatic rings. The predicted octanol–water partition coefficient (Wildman–Crippen LogP) is 2.56. The third-order valence-electron chi connectivity index (χ3n) is 3.27. The largest absolute Gasteiger partial charge is 0.507 e. The zero-order valence-electron chi connectivity index (χ0n) is 11.8. The molecule has 0 bridgehead atoms. The Morgan fingerprint density at radius 3 is 2.71 bits per heavy atom. The molecule has 21 heavy (non-hydrogen) atoms. The van der Waals surface area contributed by atoms with Gasteiger partial charge in [-0.3, -0.25) is 9.59 Å². The van der Waals surface area contributed by atoms with Crippen molar-refractivity contribution in [2.24, 2.45) is 0 Å². The summed E-state index contributed by atoms with van der Waals surface area (Å²) < 4.78 is 4.81. The summed E-state index contributed by atoms with van der Waals surface area (Å²) in [6.07, 6.45) is 0.401. The molecule has 2 N–H and O–H groups in total. The first-order chi connectivity index (χ1) is 9.99. The van der Waals surface area contributed by atoms with E-state index in [0.29, 0.717) is 22.3 Å². The van der Waals surface area contributed by atoms with Crippen LogP contribution in [0.2, 0.25) is 5.02 Å². The summed E-state index contributed by atoms with van der Waals surface area (Å²) in [5.74, 6) is -0.831. The van der Waals surface area contributed by atoms with Crippen molar-refractivity contribution in [1.82, 2.24) is 4.98 Å². The molecule has 5 nitrogen and oxygen atoms in total. The van der Waals surface area contributed by atoms with Gasteiger partial charge < -0.3 is 14.8 Å². The van der Waals surface area contributed by atoms with Crippen LogP contribution >= 0.6 is 11.6 Å². The Kier molecular flexibility index (Phi) is 4.53. The van der Waals surface area contributed by atoms with Crippen LogP contribution in [0.3, 0.4) is 0 Å². The number of aromatic hydroxyl groups is 1. The number of rotatable bonds is 4. The number of hydrogen-bond donors (Lipinski definition) is 2. The number of aryl methyl sites for hydroxylation is 1. The van der Waals surface area contributed by atoms with Gasteiger partial charge >= 0.3 is 5.97 Å². The first kappa shape index (κ1) is 15.4. The molecule has 0 spiro atoms. The second-order valence-electron chi connectivity index (χ2n) is 4.58. The molecular weight excluding hydrogens is 294 g/mol. The highest BCUT2D eigenvalue weighted by Gasteiger charge is 2.18. The summed E-state index contributed by atoms with van der Waals surface area (Å²) in [6, 6.07) is 3.49. The number of H-pyrrole nitrogens is 1. The summed E-state index contributed by atoms with van der Waals surface area (Å²) in [6.45, 7) is 3.83. The molecule has 0 fully saturated rings. The van der Waals surface area contributed by atoms with Crippen LogP contribution < -0.4 is 5.56 Å². The van der Waals surface area contributed by atoms with Crippen LogP contribution in [-0.2, 0) is 22.4 Å². The minimum absolute atomic E-state index is 0.0314. The summed E-state index contributed by atoms with van der Waals surface area (Å²) >= 11 is 6.27. The third-order valence-corrected chi connectivity index (χ3v) is 3.71. The number of ether oxygens (including phenoxy) is 1. The molecule has 0 atom stereocenters. The van der Waals surface area contributed by atoms with Gasteiger partial charge in [-0.05, 0) is 25.0 Å². The quantitative estimate of drug-likeness (QED) is 0.851. The normalized spacial score (nSPS) is 10.8. The molecule has 0 unspecified atom stereocenters. The van der Waals surface area contributed by atoms with E-state index in [0.717, 1.165) is 5.56 Å². The molecule has 0 amide bonds. The van der Waals surface area contributed by atoms with E-state index in [1.807, 2.05) is 6.92 Å². The van der Waals surface area contributed by atoms with Crippen molar-refractivity contribution < 1.29 is 14.6 Å². The van der Waals surface area contributed by atoms with E-state index in [2.05, 4.69) is 4.98 Å². The smallest absolute Gasteiger partial charge is 0.310 e. The van der Waals surface area contributed by atoms with E-state index in [4.69, 9.17) is 16.3 Å². The topological polar surface area (TPSA) is 79.4 Å². The highest BCUT2D eigenvalue weighted by Crippen LogP contribution is 2.34. The number of nitrogens with one attached hydrogen (secondary N) is 1. The lowest BCUT2D eigenvalue weighted by atomic mass is 10.0.